The van der Waals surface area contributed by atoms with Crippen LogP contribution in [0.1, 0.15) is 21.6 Å². The molecule has 82 valence electrons. The molecule has 0 amide bonds. The maximum Gasteiger partial charge on any atom is 0.216 e. The smallest absolute Gasteiger partial charge is 0.216 e. The zero-order valence-electron chi connectivity index (χ0n) is 9.07. The Labute approximate surface area is 92.5 Å². The van der Waals surface area contributed by atoms with E-state index in [1.165, 1.54) is 16.8 Å². The normalized spacial score (nSPS) is 10.4. The molecule has 1 heterocycles. The molecule has 2 rings (SSSR count). The van der Waals surface area contributed by atoms with E-state index >= 15 is 0 Å². The molecule has 0 radical (unpaired) electrons. The molecule has 0 unspecified atom stereocenters. The molecule has 0 saturated carbocycles. The van der Waals surface area contributed by atoms with Crippen LogP contribution in [0.2, 0.25) is 0 Å². The minimum absolute atomic E-state index is 0.0682. The highest BCUT2D eigenvalue weighted by molar-refractivity contribution is 6.07. The van der Waals surface area contributed by atoms with E-state index in [0.29, 0.717) is 0 Å². The van der Waals surface area contributed by atoms with Gasteiger partial charge in [-0.05, 0) is 25.1 Å². The summed E-state index contributed by atoms with van der Waals surface area (Å²) < 4.78 is 15.0. The number of aryl methyl sites for hydroxylation is 2. The van der Waals surface area contributed by atoms with Crippen molar-refractivity contribution in [2.24, 2.45) is 7.05 Å². The molecule has 0 fully saturated rings. The van der Waals surface area contributed by atoms with Crippen LogP contribution in [0.25, 0.3) is 0 Å². The van der Waals surface area contributed by atoms with Crippen molar-refractivity contribution in [3.05, 3.63) is 53.1 Å². The van der Waals surface area contributed by atoms with Crippen LogP contribution in [0.15, 0.2) is 30.5 Å². The van der Waals surface area contributed by atoms with E-state index in [1.807, 2.05) is 6.92 Å². The Hall–Kier alpha value is -1.97. The zero-order valence-corrected chi connectivity index (χ0v) is 9.07. The lowest BCUT2D eigenvalue weighted by molar-refractivity contribution is 0.103. The molecule has 0 aliphatic heterocycles. The molecule has 2 aromatic rings. The molecule has 1 aromatic heterocycles. The first-order chi connectivity index (χ1) is 7.58. The number of rotatable bonds is 2. The maximum atomic E-state index is 13.5. The van der Waals surface area contributed by atoms with Gasteiger partial charge in [-0.2, -0.15) is 5.10 Å². The first-order valence-corrected chi connectivity index (χ1v) is 4.88. The zero-order chi connectivity index (χ0) is 11.7. The summed E-state index contributed by atoms with van der Waals surface area (Å²) in [4.78, 5) is 11.9. The number of hydrogen-bond donors (Lipinski definition) is 0. The second-order valence-electron chi connectivity index (χ2n) is 3.69. The lowest BCUT2D eigenvalue weighted by Crippen LogP contribution is -2.06. The summed E-state index contributed by atoms with van der Waals surface area (Å²) >= 11 is 0. The quantitative estimate of drug-likeness (QED) is 0.723. The topological polar surface area (TPSA) is 34.9 Å². The van der Waals surface area contributed by atoms with Gasteiger partial charge >= 0.3 is 0 Å². The highest BCUT2D eigenvalue weighted by Crippen LogP contribution is 2.14. The summed E-state index contributed by atoms with van der Waals surface area (Å²) in [6.07, 6.45) is 1.65. The lowest BCUT2D eigenvalue weighted by Gasteiger charge is -2.01. The van der Waals surface area contributed by atoms with Gasteiger partial charge in [0.15, 0.2) is 0 Å². The van der Waals surface area contributed by atoms with Crippen molar-refractivity contribution in [3.8, 4) is 0 Å². The molecular formula is C12H11FN2O. The van der Waals surface area contributed by atoms with Gasteiger partial charge in [0.1, 0.15) is 11.5 Å². The van der Waals surface area contributed by atoms with E-state index in [2.05, 4.69) is 5.10 Å². The van der Waals surface area contributed by atoms with Crippen LogP contribution in [0.5, 0.6) is 0 Å². The van der Waals surface area contributed by atoms with Gasteiger partial charge in [0.05, 0.1) is 5.56 Å². The second kappa shape index (κ2) is 3.89. The Morgan fingerprint density at radius 2 is 2.12 bits per heavy atom. The lowest BCUT2D eigenvalue weighted by atomic mass is 10.1. The number of nitrogens with zero attached hydrogens (tertiary/aromatic N) is 2. The highest BCUT2D eigenvalue weighted by Gasteiger charge is 2.16. The fourth-order valence-electron chi connectivity index (χ4n) is 1.49. The summed E-state index contributed by atoms with van der Waals surface area (Å²) in [6, 6.07) is 6.03. The molecule has 0 bridgehead atoms. The van der Waals surface area contributed by atoms with Gasteiger partial charge in [-0.15, -0.1) is 0 Å². The standard InChI is InChI=1S/C12H11FN2O/c1-8-3-4-10(13)9(7-8)12(16)11-5-6-15(2)14-11/h3-7H,1-2H3. The maximum absolute atomic E-state index is 13.5. The third-order valence-electron chi connectivity index (χ3n) is 2.31. The number of aromatic nitrogens is 2. The van der Waals surface area contributed by atoms with Crippen LogP contribution >= 0.6 is 0 Å². The summed E-state index contributed by atoms with van der Waals surface area (Å²) in [5, 5.41) is 3.96. The largest absolute Gasteiger partial charge is 0.287 e. The molecule has 4 heteroatoms. The summed E-state index contributed by atoms with van der Waals surface area (Å²) in [6.45, 7) is 1.81. The summed E-state index contributed by atoms with van der Waals surface area (Å²) in [5.74, 6) is -0.900. The second-order valence-corrected chi connectivity index (χ2v) is 3.69. The molecule has 0 aliphatic carbocycles. The van der Waals surface area contributed by atoms with E-state index in [4.69, 9.17) is 0 Å². The van der Waals surface area contributed by atoms with Gasteiger partial charge < -0.3 is 0 Å². The SMILES string of the molecule is Cc1ccc(F)c(C(=O)c2ccn(C)n2)c1. The van der Waals surface area contributed by atoms with E-state index in [9.17, 15) is 9.18 Å². The third kappa shape index (κ3) is 1.86. The van der Waals surface area contributed by atoms with E-state index in [-0.39, 0.29) is 17.0 Å². The summed E-state index contributed by atoms with van der Waals surface area (Å²) in [5.41, 5.74) is 1.17. The first kappa shape index (κ1) is 10.5. The number of halogens is 1. The first-order valence-electron chi connectivity index (χ1n) is 4.88. The molecule has 0 atom stereocenters. The van der Waals surface area contributed by atoms with Crippen molar-refractivity contribution >= 4 is 5.78 Å². The predicted molar refractivity (Wildman–Crippen MR) is 57.8 cm³/mol. The minimum Gasteiger partial charge on any atom is -0.287 e. The Bertz CT molecular complexity index is 546. The fraction of sp³-hybridized carbons (Fsp3) is 0.167. The number of ketones is 1. The molecule has 0 spiro atoms. The highest BCUT2D eigenvalue weighted by atomic mass is 19.1. The van der Waals surface area contributed by atoms with Crippen molar-refractivity contribution in [2.45, 2.75) is 6.92 Å². The van der Waals surface area contributed by atoms with Gasteiger partial charge in [-0.1, -0.05) is 11.6 Å². The van der Waals surface area contributed by atoms with Crippen LogP contribution in [0, 0.1) is 12.7 Å². The Morgan fingerprint density at radius 3 is 2.75 bits per heavy atom. The number of carbonyl (C=O) groups excluding carboxylic acids is 1. The minimum atomic E-state index is -0.513. The molecular weight excluding hydrogens is 207 g/mol. The monoisotopic (exact) mass is 218 g/mol. The van der Waals surface area contributed by atoms with Crippen molar-refractivity contribution in [2.75, 3.05) is 0 Å². The van der Waals surface area contributed by atoms with E-state index in [0.717, 1.165) is 5.56 Å². The molecule has 3 nitrogen and oxygen atoms in total. The van der Waals surface area contributed by atoms with Crippen LogP contribution in [-0.2, 0) is 7.05 Å². The van der Waals surface area contributed by atoms with Crippen LogP contribution in [0.3, 0.4) is 0 Å². The Balaban J connectivity index is 2.45. The third-order valence-corrected chi connectivity index (χ3v) is 2.31. The molecule has 0 N–H and O–H groups in total. The molecule has 16 heavy (non-hydrogen) atoms. The summed E-state index contributed by atoms with van der Waals surface area (Å²) in [7, 11) is 1.71. The Morgan fingerprint density at radius 1 is 1.38 bits per heavy atom. The number of carbonyl (C=O) groups is 1. The fourth-order valence-corrected chi connectivity index (χ4v) is 1.49. The van der Waals surface area contributed by atoms with Crippen LogP contribution in [0.4, 0.5) is 4.39 Å². The molecule has 0 aliphatic rings. The number of benzene rings is 1. The average Bonchev–Trinajstić information content (AvgIpc) is 2.67. The van der Waals surface area contributed by atoms with Crippen LogP contribution < -0.4 is 0 Å². The van der Waals surface area contributed by atoms with Gasteiger partial charge in [-0.25, -0.2) is 4.39 Å². The van der Waals surface area contributed by atoms with Crippen molar-refractivity contribution < 1.29 is 9.18 Å². The molecule has 1 aromatic carbocycles. The van der Waals surface area contributed by atoms with E-state index in [1.54, 1.807) is 25.4 Å². The van der Waals surface area contributed by atoms with Gasteiger partial charge in [-0.3, -0.25) is 9.48 Å². The van der Waals surface area contributed by atoms with Gasteiger partial charge in [0.2, 0.25) is 5.78 Å². The average molecular weight is 218 g/mol. The van der Waals surface area contributed by atoms with Crippen molar-refractivity contribution in [1.29, 1.82) is 0 Å². The van der Waals surface area contributed by atoms with Crippen molar-refractivity contribution in [1.82, 2.24) is 9.78 Å². The van der Waals surface area contributed by atoms with Gasteiger partial charge in [0, 0.05) is 13.2 Å². The van der Waals surface area contributed by atoms with Gasteiger partial charge in [0.25, 0.3) is 0 Å². The Kier molecular flexibility index (Phi) is 2.56. The number of hydrogen-bond acceptors (Lipinski definition) is 2. The molecule has 0 saturated heterocycles. The predicted octanol–water partition coefficient (Wildman–Crippen LogP) is 2.10. The van der Waals surface area contributed by atoms with E-state index < -0.39 is 5.82 Å². The van der Waals surface area contributed by atoms with Crippen LogP contribution in [-0.4, -0.2) is 15.6 Å². The van der Waals surface area contributed by atoms with Crippen molar-refractivity contribution in [3.63, 3.8) is 0 Å².